The van der Waals surface area contributed by atoms with Crippen LogP contribution in [0.2, 0.25) is 5.32 Å². The molecule has 2 aromatic rings. The second-order valence-electron chi connectivity index (χ2n) is 5.85. The normalized spacial score (nSPS) is 16.6. The number of hydrogen-bond donors (Lipinski definition) is 0. The van der Waals surface area contributed by atoms with Crippen molar-refractivity contribution in [1.82, 2.24) is 5.01 Å². The summed E-state index contributed by atoms with van der Waals surface area (Å²) in [7, 11) is 0. The molecule has 0 N–H and O–H groups in total. The zero-order valence-corrected chi connectivity index (χ0v) is 16.0. The van der Waals surface area contributed by atoms with E-state index in [9.17, 15) is 4.79 Å². The molecule has 2 aromatic carbocycles. The number of hydrogen-bond acceptors (Lipinski definition) is 3. The van der Waals surface area contributed by atoms with E-state index >= 15 is 0 Å². The van der Waals surface area contributed by atoms with Crippen LogP contribution in [0.15, 0.2) is 65.8 Å². The molecule has 1 aliphatic rings. The van der Waals surface area contributed by atoms with Gasteiger partial charge in [-0.05, 0) is 0 Å². The zero-order chi connectivity index (χ0) is 17.5. The summed E-state index contributed by atoms with van der Waals surface area (Å²) in [6.45, 7) is 2.20. The van der Waals surface area contributed by atoms with Gasteiger partial charge in [-0.2, -0.15) is 0 Å². The van der Waals surface area contributed by atoms with E-state index in [1.165, 1.54) is 10.0 Å². The minimum atomic E-state index is -0.334. The number of hydrazone groups is 1. The van der Waals surface area contributed by atoms with E-state index in [1.807, 2.05) is 31.2 Å². The molecule has 0 spiro atoms. The van der Waals surface area contributed by atoms with Crippen molar-refractivity contribution in [2.24, 2.45) is 5.10 Å². The third-order valence-corrected chi connectivity index (χ3v) is 6.39. The number of carbonyl (C=O) groups excluding carboxylic acids is 1. The van der Waals surface area contributed by atoms with Gasteiger partial charge in [0.1, 0.15) is 0 Å². The van der Waals surface area contributed by atoms with Crippen molar-refractivity contribution in [2.75, 3.05) is 6.61 Å². The number of carbonyl (C=O) groups is 1. The van der Waals surface area contributed by atoms with Crippen molar-refractivity contribution in [3.8, 4) is 0 Å². The molecule has 5 heteroatoms. The van der Waals surface area contributed by atoms with Gasteiger partial charge >= 0.3 is 155 Å². The van der Waals surface area contributed by atoms with E-state index in [0.717, 1.165) is 23.9 Å². The summed E-state index contributed by atoms with van der Waals surface area (Å²) >= 11 is 0.314. The van der Waals surface area contributed by atoms with Gasteiger partial charge in [0.2, 0.25) is 0 Å². The molecule has 0 aliphatic carbocycles. The fourth-order valence-electron chi connectivity index (χ4n) is 2.79. The Balaban J connectivity index is 1.67. The molecule has 1 atom stereocenters. The van der Waals surface area contributed by atoms with Gasteiger partial charge in [0.25, 0.3) is 0 Å². The molecule has 1 aliphatic heterocycles. The van der Waals surface area contributed by atoms with E-state index < -0.39 is 0 Å². The van der Waals surface area contributed by atoms with Gasteiger partial charge in [-0.3, -0.25) is 0 Å². The van der Waals surface area contributed by atoms with Crippen LogP contribution < -0.4 is 4.46 Å². The maximum absolute atomic E-state index is 12.3. The summed E-state index contributed by atoms with van der Waals surface area (Å²) in [4.78, 5) is 12.3. The standard InChI is InChI=1S/C20H22N2O2Se/c1-2-24-20(23)22-18(15-25-19-11-7-4-8-12-19)14-17(21-22)13-16-9-5-3-6-10-16/h3-12,18H,2,13-15H2,1H3. The van der Waals surface area contributed by atoms with Crippen molar-refractivity contribution in [1.29, 1.82) is 0 Å². The average molecular weight is 401 g/mol. The first-order chi connectivity index (χ1) is 12.3. The van der Waals surface area contributed by atoms with E-state index in [-0.39, 0.29) is 12.1 Å². The third-order valence-electron chi connectivity index (χ3n) is 3.96. The first kappa shape index (κ1) is 17.7. The summed E-state index contributed by atoms with van der Waals surface area (Å²) in [5.41, 5.74) is 2.27. The zero-order valence-electron chi connectivity index (χ0n) is 14.3. The Bertz CT molecular complexity index is 719. The number of benzene rings is 2. The predicted octanol–water partition coefficient (Wildman–Crippen LogP) is 3.26. The van der Waals surface area contributed by atoms with Crippen LogP contribution in [0.1, 0.15) is 18.9 Å². The number of ether oxygens (including phenoxy) is 1. The quantitative estimate of drug-likeness (QED) is 0.698. The molecule has 0 aromatic heterocycles. The summed E-state index contributed by atoms with van der Waals surface area (Å²) in [6.07, 6.45) is 1.27. The second-order valence-corrected chi connectivity index (χ2v) is 8.15. The van der Waals surface area contributed by atoms with Gasteiger partial charge < -0.3 is 0 Å². The Morgan fingerprint density at radius 2 is 1.84 bits per heavy atom. The summed E-state index contributed by atoms with van der Waals surface area (Å²) in [6, 6.07) is 20.8. The minimum absolute atomic E-state index is 0.0953. The fourth-order valence-corrected chi connectivity index (χ4v) is 4.87. The summed E-state index contributed by atoms with van der Waals surface area (Å²) in [5.74, 6) is 0. The van der Waals surface area contributed by atoms with Crippen LogP contribution in [-0.4, -0.2) is 44.4 Å². The van der Waals surface area contributed by atoms with Gasteiger partial charge in [0.15, 0.2) is 0 Å². The maximum atomic E-state index is 12.3. The van der Waals surface area contributed by atoms with Gasteiger partial charge in [-0.25, -0.2) is 0 Å². The second kappa shape index (κ2) is 8.84. The van der Waals surface area contributed by atoms with Crippen molar-refractivity contribution < 1.29 is 9.53 Å². The molecule has 130 valence electrons. The molecule has 3 rings (SSSR count). The van der Waals surface area contributed by atoms with Crippen molar-refractivity contribution in [2.45, 2.75) is 31.1 Å². The van der Waals surface area contributed by atoms with Gasteiger partial charge in [-0.1, -0.05) is 0 Å². The molecule has 0 bridgehead atoms. The van der Waals surface area contributed by atoms with Crippen molar-refractivity contribution in [3.63, 3.8) is 0 Å². The first-order valence-electron chi connectivity index (χ1n) is 8.50. The Labute approximate surface area is 155 Å². The topological polar surface area (TPSA) is 41.9 Å². The molecule has 1 unspecified atom stereocenters. The number of rotatable bonds is 6. The Morgan fingerprint density at radius 1 is 1.16 bits per heavy atom. The van der Waals surface area contributed by atoms with Crippen LogP contribution in [0.5, 0.6) is 0 Å². The molecule has 0 saturated heterocycles. The van der Waals surface area contributed by atoms with Crippen LogP contribution in [-0.2, 0) is 11.2 Å². The molecule has 0 radical (unpaired) electrons. The van der Waals surface area contributed by atoms with Gasteiger partial charge in [0.05, 0.1) is 0 Å². The van der Waals surface area contributed by atoms with Crippen LogP contribution >= 0.6 is 0 Å². The van der Waals surface area contributed by atoms with E-state index in [2.05, 4.69) is 41.5 Å². The Morgan fingerprint density at radius 3 is 2.52 bits per heavy atom. The Kier molecular flexibility index (Phi) is 6.26. The molecule has 1 amide bonds. The van der Waals surface area contributed by atoms with E-state index in [0.29, 0.717) is 21.6 Å². The third kappa shape index (κ3) is 4.94. The average Bonchev–Trinajstić information content (AvgIpc) is 3.05. The van der Waals surface area contributed by atoms with Crippen LogP contribution in [0, 0.1) is 0 Å². The molecular formula is C20H22N2O2Se. The molecule has 0 fully saturated rings. The summed E-state index contributed by atoms with van der Waals surface area (Å²) < 4.78 is 6.54. The first-order valence-corrected chi connectivity index (χ1v) is 10.6. The molecule has 25 heavy (non-hydrogen) atoms. The van der Waals surface area contributed by atoms with E-state index in [4.69, 9.17) is 4.74 Å². The van der Waals surface area contributed by atoms with Crippen molar-refractivity contribution in [3.05, 3.63) is 66.2 Å². The van der Waals surface area contributed by atoms with Gasteiger partial charge in [-0.15, -0.1) is 0 Å². The van der Waals surface area contributed by atoms with Crippen molar-refractivity contribution >= 4 is 31.2 Å². The SMILES string of the molecule is CCOC(=O)N1N=C(Cc2ccccc2)CC1C[Se]c1ccccc1. The fraction of sp³-hybridized carbons (Fsp3) is 0.300. The van der Waals surface area contributed by atoms with Crippen LogP contribution in [0.25, 0.3) is 0 Å². The van der Waals surface area contributed by atoms with Gasteiger partial charge in [0, 0.05) is 0 Å². The van der Waals surface area contributed by atoms with E-state index in [1.54, 1.807) is 5.01 Å². The number of nitrogens with zero attached hydrogens (tertiary/aromatic N) is 2. The Hall–Kier alpha value is -2.10. The van der Waals surface area contributed by atoms with Crippen LogP contribution in [0.3, 0.4) is 0 Å². The predicted molar refractivity (Wildman–Crippen MR) is 101 cm³/mol. The van der Waals surface area contributed by atoms with Crippen LogP contribution in [0.4, 0.5) is 4.79 Å². The summed E-state index contributed by atoms with van der Waals surface area (Å²) in [5, 5.41) is 7.09. The molecular weight excluding hydrogens is 379 g/mol. The molecule has 4 nitrogen and oxygen atoms in total. The molecule has 1 heterocycles. The monoisotopic (exact) mass is 402 g/mol. The molecule has 0 saturated carbocycles. The number of amides is 1.